The number of hydrogen-bond acceptors (Lipinski definition) is 5. The molecular weight excluding hydrogens is 356 g/mol. The predicted molar refractivity (Wildman–Crippen MR) is 108 cm³/mol. The van der Waals surface area contributed by atoms with E-state index < -0.39 is 0 Å². The van der Waals surface area contributed by atoms with Crippen LogP contribution in [-0.2, 0) is 11.2 Å². The smallest absolute Gasteiger partial charge is 0.231 e. The van der Waals surface area contributed by atoms with Gasteiger partial charge in [0.15, 0.2) is 11.5 Å². The summed E-state index contributed by atoms with van der Waals surface area (Å²) < 4.78 is 16.2. The second kappa shape index (κ2) is 9.46. The SMILES string of the molecule is CCOc1ccc(C(CNC(=O)CCc2ccc3c(c2)OCO3)N(C)C)cc1. The van der Waals surface area contributed by atoms with Gasteiger partial charge in [0.25, 0.3) is 0 Å². The van der Waals surface area contributed by atoms with E-state index in [1.807, 2.05) is 51.4 Å². The maximum Gasteiger partial charge on any atom is 0.231 e. The van der Waals surface area contributed by atoms with E-state index in [9.17, 15) is 4.79 Å². The van der Waals surface area contributed by atoms with Gasteiger partial charge in [-0.25, -0.2) is 0 Å². The van der Waals surface area contributed by atoms with Gasteiger partial charge < -0.3 is 24.4 Å². The number of ether oxygens (including phenoxy) is 3. The Balaban J connectivity index is 1.51. The Morgan fingerprint density at radius 1 is 1.14 bits per heavy atom. The van der Waals surface area contributed by atoms with Crippen LogP contribution in [0.5, 0.6) is 17.2 Å². The molecule has 2 aromatic rings. The lowest BCUT2D eigenvalue weighted by molar-refractivity contribution is -0.121. The Morgan fingerprint density at radius 2 is 1.89 bits per heavy atom. The quantitative estimate of drug-likeness (QED) is 0.720. The highest BCUT2D eigenvalue weighted by atomic mass is 16.7. The van der Waals surface area contributed by atoms with Crippen LogP contribution >= 0.6 is 0 Å². The number of amides is 1. The van der Waals surface area contributed by atoms with Crippen molar-refractivity contribution in [3.8, 4) is 17.2 Å². The van der Waals surface area contributed by atoms with Crippen molar-refractivity contribution in [2.75, 3.05) is 34.0 Å². The largest absolute Gasteiger partial charge is 0.494 e. The van der Waals surface area contributed by atoms with Crippen LogP contribution < -0.4 is 19.5 Å². The van der Waals surface area contributed by atoms with E-state index in [1.54, 1.807) is 0 Å². The molecule has 0 fully saturated rings. The van der Waals surface area contributed by atoms with E-state index >= 15 is 0 Å². The molecule has 1 atom stereocenters. The van der Waals surface area contributed by atoms with Crippen molar-refractivity contribution in [2.45, 2.75) is 25.8 Å². The molecule has 0 aromatic heterocycles. The molecule has 0 spiro atoms. The molecule has 1 heterocycles. The van der Waals surface area contributed by atoms with Crippen molar-refractivity contribution in [2.24, 2.45) is 0 Å². The molecule has 0 aliphatic carbocycles. The molecule has 1 N–H and O–H groups in total. The number of hydrogen-bond donors (Lipinski definition) is 1. The second-order valence-electron chi connectivity index (χ2n) is 6.97. The highest BCUT2D eigenvalue weighted by molar-refractivity contribution is 5.76. The molecule has 1 aliphatic heterocycles. The Morgan fingerprint density at radius 3 is 2.61 bits per heavy atom. The third-order valence-corrected chi connectivity index (χ3v) is 4.77. The van der Waals surface area contributed by atoms with Crippen molar-refractivity contribution < 1.29 is 19.0 Å². The van der Waals surface area contributed by atoms with E-state index in [2.05, 4.69) is 22.3 Å². The van der Waals surface area contributed by atoms with E-state index in [0.29, 0.717) is 26.0 Å². The summed E-state index contributed by atoms with van der Waals surface area (Å²) in [5.41, 5.74) is 2.21. The minimum atomic E-state index is 0.0375. The molecule has 0 saturated heterocycles. The van der Waals surface area contributed by atoms with Crippen LogP contribution in [0.3, 0.4) is 0 Å². The summed E-state index contributed by atoms with van der Waals surface area (Å²) in [5, 5.41) is 3.06. The van der Waals surface area contributed by atoms with Crippen LogP contribution in [0.25, 0.3) is 0 Å². The van der Waals surface area contributed by atoms with Crippen molar-refractivity contribution in [1.82, 2.24) is 10.2 Å². The molecule has 0 radical (unpaired) electrons. The topological polar surface area (TPSA) is 60.0 Å². The standard InChI is InChI=1S/C22H28N2O4/c1-4-26-18-9-7-17(8-10-18)19(24(2)3)14-23-22(25)12-6-16-5-11-20-21(13-16)28-15-27-20/h5,7-11,13,19H,4,6,12,14-15H2,1-3H3,(H,23,25). The fourth-order valence-corrected chi connectivity index (χ4v) is 3.20. The van der Waals surface area contributed by atoms with Gasteiger partial charge in [0, 0.05) is 13.0 Å². The van der Waals surface area contributed by atoms with Crippen LogP contribution in [0.4, 0.5) is 0 Å². The van der Waals surface area contributed by atoms with Gasteiger partial charge in [0.1, 0.15) is 5.75 Å². The average Bonchev–Trinajstić information content (AvgIpc) is 3.15. The summed E-state index contributed by atoms with van der Waals surface area (Å²) in [6, 6.07) is 14.0. The molecule has 1 unspecified atom stereocenters. The van der Waals surface area contributed by atoms with Gasteiger partial charge >= 0.3 is 0 Å². The van der Waals surface area contributed by atoms with Gasteiger partial charge in [-0.2, -0.15) is 0 Å². The zero-order chi connectivity index (χ0) is 19.9. The molecule has 0 bridgehead atoms. The normalized spacial score (nSPS) is 13.4. The summed E-state index contributed by atoms with van der Waals surface area (Å²) in [6.07, 6.45) is 1.10. The first kappa shape index (κ1) is 20.0. The number of aryl methyl sites for hydroxylation is 1. The third kappa shape index (κ3) is 5.16. The second-order valence-corrected chi connectivity index (χ2v) is 6.97. The number of likely N-dealkylation sites (N-methyl/N-ethyl adjacent to an activating group) is 1. The Hall–Kier alpha value is -2.73. The molecule has 28 heavy (non-hydrogen) atoms. The maximum atomic E-state index is 12.3. The zero-order valence-electron chi connectivity index (χ0n) is 16.7. The number of carbonyl (C=O) groups excluding carboxylic acids is 1. The minimum absolute atomic E-state index is 0.0375. The van der Waals surface area contributed by atoms with Crippen LogP contribution in [0.1, 0.15) is 30.5 Å². The van der Waals surface area contributed by atoms with Gasteiger partial charge in [-0.1, -0.05) is 18.2 Å². The van der Waals surface area contributed by atoms with Crippen molar-refractivity contribution in [3.63, 3.8) is 0 Å². The Bertz CT molecular complexity index is 790. The number of benzene rings is 2. The molecule has 6 heteroatoms. The number of carbonyl (C=O) groups is 1. The highest BCUT2D eigenvalue weighted by Crippen LogP contribution is 2.32. The first-order valence-electron chi connectivity index (χ1n) is 9.61. The minimum Gasteiger partial charge on any atom is -0.494 e. The first-order chi connectivity index (χ1) is 13.6. The fourth-order valence-electron chi connectivity index (χ4n) is 3.20. The molecule has 6 nitrogen and oxygen atoms in total. The van der Waals surface area contributed by atoms with Gasteiger partial charge in [0.05, 0.1) is 12.6 Å². The Labute approximate surface area is 166 Å². The molecule has 3 rings (SSSR count). The molecule has 2 aromatic carbocycles. The van der Waals surface area contributed by atoms with Crippen LogP contribution in [-0.4, -0.2) is 44.8 Å². The third-order valence-electron chi connectivity index (χ3n) is 4.77. The van der Waals surface area contributed by atoms with Crippen molar-refractivity contribution in [3.05, 3.63) is 53.6 Å². The summed E-state index contributed by atoms with van der Waals surface area (Å²) in [7, 11) is 4.03. The number of nitrogens with zero attached hydrogens (tertiary/aromatic N) is 1. The van der Waals surface area contributed by atoms with E-state index in [0.717, 1.165) is 28.4 Å². The summed E-state index contributed by atoms with van der Waals surface area (Å²) in [5.74, 6) is 2.41. The summed E-state index contributed by atoms with van der Waals surface area (Å²) >= 11 is 0. The molecule has 1 aliphatic rings. The number of rotatable bonds is 9. The van der Waals surface area contributed by atoms with E-state index in [-0.39, 0.29) is 18.7 Å². The average molecular weight is 384 g/mol. The van der Waals surface area contributed by atoms with Crippen molar-refractivity contribution in [1.29, 1.82) is 0 Å². The lowest BCUT2D eigenvalue weighted by atomic mass is 10.1. The molecule has 150 valence electrons. The van der Waals surface area contributed by atoms with E-state index in [4.69, 9.17) is 14.2 Å². The highest BCUT2D eigenvalue weighted by Gasteiger charge is 2.16. The van der Waals surface area contributed by atoms with Gasteiger partial charge in [-0.05, 0) is 62.8 Å². The predicted octanol–water partition coefficient (Wildman–Crippen LogP) is 3.17. The molecule has 0 saturated carbocycles. The van der Waals surface area contributed by atoms with Crippen molar-refractivity contribution >= 4 is 5.91 Å². The monoisotopic (exact) mass is 384 g/mol. The molecule has 1 amide bonds. The zero-order valence-corrected chi connectivity index (χ0v) is 16.7. The van der Waals surface area contributed by atoms with Crippen LogP contribution in [0, 0.1) is 0 Å². The maximum absolute atomic E-state index is 12.3. The van der Waals surface area contributed by atoms with Crippen LogP contribution in [0.15, 0.2) is 42.5 Å². The Kier molecular flexibility index (Phi) is 6.76. The first-order valence-corrected chi connectivity index (χ1v) is 9.61. The fraction of sp³-hybridized carbons (Fsp3) is 0.409. The van der Waals surface area contributed by atoms with E-state index in [1.165, 1.54) is 0 Å². The number of nitrogens with one attached hydrogen (secondary N) is 1. The summed E-state index contributed by atoms with van der Waals surface area (Å²) in [6.45, 7) is 3.43. The summed E-state index contributed by atoms with van der Waals surface area (Å²) in [4.78, 5) is 14.4. The van der Waals surface area contributed by atoms with Gasteiger partial charge in [-0.15, -0.1) is 0 Å². The lowest BCUT2D eigenvalue weighted by Crippen LogP contribution is -2.34. The van der Waals surface area contributed by atoms with Gasteiger partial charge in [-0.3, -0.25) is 4.79 Å². The molecular formula is C22H28N2O4. The number of fused-ring (bicyclic) bond motifs is 1. The lowest BCUT2D eigenvalue weighted by Gasteiger charge is -2.25. The van der Waals surface area contributed by atoms with Gasteiger partial charge in [0.2, 0.25) is 12.7 Å². The van der Waals surface area contributed by atoms with Crippen LogP contribution in [0.2, 0.25) is 0 Å².